The maximum Gasteiger partial charge on any atom is 0.224 e. The van der Waals surface area contributed by atoms with Crippen molar-refractivity contribution in [2.75, 3.05) is 17.2 Å². The zero-order chi connectivity index (χ0) is 12.9. The Morgan fingerprint density at radius 1 is 1.11 bits per heavy atom. The second-order valence-electron chi connectivity index (χ2n) is 4.85. The van der Waals surface area contributed by atoms with E-state index >= 15 is 0 Å². The molecule has 1 saturated carbocycles. The second kappa shape index (κ2) is 5.69. The van der Waals surface area contributed by atoms with E-state index in [1.54, 1.807) is 6.20 Å². The minimum atomic E-state index is 0.618. The normalized spacial score (nSPS) is 14.1. The number of hydrogen-bond donors (Lipinski definition) is 2. The Labute approximate surface area is 113 Å². The SMILES string of the molecule is c1ccc(CCNc2nccc(NC3CC3)n2)cc1. The van der Waals surface area contributed by atoms with Gasteiger partial charge in [-0.3, -0.25) is 0 Å². The van der Waals surface area contributed by atoms with E-state index in [4.69, 9.17) is 0 Å². The van der Waals surface area contributed by atoms with E-state index in [0.29, 0.717) is 12.0 Å². The molecule has 3 rings (SSSR count). The summed E-state index contributed by atoms with van der Waals surface area (Å²) >= 11 is 0. The Morgan fingerprint density at radius 3 is 2.74 bits per heavy atom. The first kappa shape index (κ1) is 12.0. The van der Waals surface area contributed by atoms with Crippen molar-refractivity contribution < 1.29 is 0 Å². The highest BCUT2D eigenvalue weighted by atomic mass is 15.1. The van der Waals surface area contributed by atoms with Crippen LogP contribution in [0.15, 0.2) is 42.6 Å². The molecule has 1 aromatic heterocycles. The van der Waals surface area contributed by atoms with Crippen molar-refractivity contribution in [3.05, 3.63) is 48.2 Å². The summed E-state index contributed by atoms with van der Waals surface area (Å²) in [4.78, 5) is 8.69. The minimum Gasteiger partial charge on any atom is -0.367 e. The molecule has 0 spiro atoms. The Hall–Kier alpha value is -2.10. The van der Waals surface area contributed by atoms with E-state index in [1.807, 2.05) is 12.1 Å². The summed E-state index contributed by atoms with van der Waals surface area (Å²) in [6.45, 7) is 0.844. The van der Waals surface area contributed by atoms with Crippen LogP contribution in [-0.4, -0.2) is 22.6 Å². The fraction of sp³-hybridized carbons (Fsp3) is 0.333. The lowest BCUT2D eigenvalue weighted by Gasteiger charge is -2.07. The van der Waals surface area contributed by atoms with Gasteiger partial charge in [-0.15, -0.1) is 0 Å². The molecule has 1 heterocycles. The molecule has 0 unspecified atom stereocenters. The molecule has 0 saturated heterocycles. The predicted octanol–water partition coefficient (Wildman–Crippen LogP) is 2.71. The molecule has 1 aliphatic carbocycles. The number of anilines is 2. The zero-order valence-electron chi connectivity index (χ0n) is 10.8. The molecule has 0 amide bonds. The Morgan fingerprint density at radius 2 is 1.95 bits per heavy atom. The molecule has 1 aromatic carbocycles. The van der Waals surface area contributed by atoms with Crippen molar-refractivity contribution in [1.29, 1.82) is 0 Å². The Balaban J connectivity index is 1.51. The van der Waals surface area contributed by atoms with Crippen LogP contribution in [0.25, 0.3) is 0 Å². The lowest BCUT2D eigenvalue weighted by molar-refractivity contribution is 0.979. The van der Waals surface area contributed by atoms with Crippen molar-refractivity contribution in [3.63, 3.8) is 0 Å². The van der Waals surface area contributed by atoms with E-state index in [0.717, 1.165) is 18.8 Å². The summed E-state index contributed by atoms with van der Waals surface area (Å²) in [5, 5.41) is 6.64. The fourth-order valence-electron chi connectivity index (χ4n) is 1.92. The molecular weight excluding hydrogens is 236 g/mol. The number of nitrogens with zero attached hydrogens (tertiary/aromatic N) is 2. The van der Waals surface area contributed by atoms with Gasteiger partial charge in [0.05, 0.1) is 0 Å². The summed E-state index contributed by atoms with van der Waals surface area (Å²) in [7, 11) is 0. The third-order valence-electron chi connectivity index (χ3n) is 3.12. The number of nitrogens with one attached hydrogen (secondary N) is 2. The average Bonchev–Trinajstić information content (AvgIpc) is 3.24. The molecule has 1 fully saturated rings. The molecule has 0 aliphatic heterocycles. The third kappa shape index (κ3) is 3.68. The van der Waals surface area contributed by atoms with Gasteiger partial charge in [-0.1, -0.05) is 30.3 Å². The molecule has 0 atom stereocenters. The van der Waals surface area contributed by atoms with Gasteiger partial charge in [0.1, 0.15) is 5.82 Å². The predicted molar refractivity (Wildman–Crippen MR) is 77.3 cm³/mol. The van der Waals surface area contributed by atoms with Crippen LogP contribution in [0.4, 0.5) is 11.8 Å². The molecule has 98 valence electrons. The summed E-state index contributed by atoms with van der Waals surface area (Å²) in [5.41, 5.74) is 1.32. The molecule has 0 radical (unpaired) electrons. The highest BCUT2D eigenvalue weighted by Gasteiger charge is 2.21. The quantitative estimate of drug-likeness (QED) is 0.832. The smallest absolute Gasteiger partial charge is 0.224 e. The van der Waals surface area contributed by atoms with Gasteiger partial charge in [0.25, 0.3) is 0 Å². The first-order chi connectivity index (χ1) is 9.40. The molecule has 1 aliphatic rings. The maximum absolute atomic E-state index is 4.45. The van der Waals surface area contributed by atoms with Crippen molar-refractivity contribution in [2.45, 2.75) is 25.3 Å². The van der Waals surface area contributed by atoms with Gasteiger partial charge < -0.3 is 10.6 Å². The van der Waals surface area contributed by atoms with E-state index in [-0.39, 0.29) is 0 Å². The van der Waals surface area contributed by atoms with Crippen molar-refractivity contribution in [2.24, 2.45) is 0 Å². The topological polar surface area (TPSA) is 49.8 Å². The van der Waals surface area contributed by atoms with Crippen molar-refractivity contribution in [3.8, 4) is 0 Å². The van der Waals surface area contributed by atoms with Gasteiger partial charge in [0.15, 0.2) is 0 Å². The summed E-state index contributed by atoms with van der Waals surface area (Å²) in [5.74, 6) is 1.61. The highest BCUT2D eigenvalue weighted by molar-refractivity contribution is 5.41. The summed E-state index contributed by atoms with van der Waals surface area (Å²) < 4.78 is 0. The van der Waals surface area contributed by atoms with Gasteiger partial charge in [-0.25, -0.2) is 4.98 Å². The number of hydrogen-bond acceptors (Lipinski definition) is 4. The second-order valence-corrected chi connectivity index (χ2v) is 4.85. The van der Waals surface area contributed by atoms with Crippen LogP contribution in [-0.2, 0) is 6.42 Å². The van der Waals surface area contributed by atoms with Gasteiger partial charge >= 0.3 is 0 Å². The number of benzene rings is 1. The van der Waals surface area contributed by atoms with Crippen LogP contribution in [0.2, 0.25) is 0 Å². The van der Waals surface area contributed by atoms with Gasteiger partial charge in [0, 0.05) is 18.8 Å². The lowest BCUT2D eigenvalue weighted by atomic mass is 10.1. The van der Waals surface area contributed by atoms with Crippen LogP contribution < -0.4 is 10.6 Å². The van der Waals surface area contributed by atoms with Gasteiger partial charge in [-0.2, -0.15) is 4.98 Å². The largest absolute Gasteiger partial charge is 0.367 e. The molecular formula is C15H18N4. The maximum atomic E-state index is 4.45. The van der Waals surface area contributed by atoms with E-state index in [2.05, 4.69) is 44.9 Å². The van der Waals surface area contributed by atoms with Crippen LogP contribution in [0.5, 0.6) is 0 Å². The average molecular weight is 254 g/mol. The molecule has 2 N–H and O–H groups in total. The van der Waals surface area contributed by atoms with Crippen molar-refractivity contribution in [1.82, 2.24) is 9.97 Å². The molecule has 4 nitrogen and oxygen atoms in total. The third-order valence-corrected chi connectivity index (χ3v) is 3.12. The Bertz CT molecular complexity index is 523. The van der Waals surface area contributed by atoms with Crippen LogP contribution in [0.1, 0.15) is 18.4 Å². The number of rotatable bonds is 6. The first-order valence-corrected chi connectivity index (χ1v) is 6.77. The zero-order valence-corrected chi connectivity index (χ0v) is 10.8. The Kier molecular flexibility index (Phi) is 3.58. The standard InChI is InChI=1S/C15H18N4/c1-2-4-12(5-3-1)8-10-16-15-17-11-9-14(19-15)18-13-6-7-13/h1-5,9,11,13H,6-8,10H2,(H2,16,17,18,19). The van der Waals surface area contributed by atoms with Crippen molar-refractivity contribution >= 4 is 11.8 Å². The van der Waals surface area contributed by atoms with E-state index in [9.17, 15) is 0 Å². The monoisotopic (exact) mass is 254 g/mol. The van der Waals surface area contributed by atoms with Crippen LogP contribution in [0.3, 0.4) is 0 Å². The number of aromatic nitrogens is 2. The van der Waals surface area contributed by atoms with Crippen LogP contribution in [0, 0.1) is 0 Å². The fourth-order valence-corrected chi connectivity index (χ4v) is 1.92. The van der Waals surface area contributed by atoms with Gasteiger partial charge in [-0.05, 0) is 30.9 Å². The highest BCUT2D eigenvalue weighted by Crippen LogP contribution is 2.23. The molecule has 19 heavy (non-hydrogen) atoms. The molecule has 2 aromatic rings. The molecule has 4 heteroatoms. The van der Waals surface area contributed by atoms with Crippen LogP contribution >= 0.6 is 0 Å². The van der Waals surface area contributed by atoms with E-state index in [1.165, 1.54) is 18.4 Å². The molecule has 0 bridgehead atoms. The van der Waals surface area contributed by atoms with E-state index < -0.39 is 0 Å². The lowest BCUT2D eigenvalue weighted by Crippen LogP contribution is -2.10. The summed E-state index contributed by atoms with van der Waals surface area (Å²) in [6.07, 6.45) is 5.27. The summed E-state index contributed by atoms with van der Waals surface area (Å²) in [6, 6.07) is 13.0. The van der Waals surface area contributed by atoms with Gasteiger partial charge in [0.2, 0.25) is 5.95 Å². The first-order valence-electron chi connectivity index (χ1n) is 6.77. The minimum absolute atomic E-state index is 0.618.